The van der Waals surface area contributed by atoms with Crippen LogP contribution in [0.5, 0.6) is 5.75 Å². The van der Waals surface area contributed by atoms with Crippen molar-refractivity contribution in [2.24, 2.45) is 0 Å². The predicted octanol–water partition coefficient (Wildman–Crippen LogP) is 1.28. The van der Waals surface area contributed by atoms with Gasteiger partial charge in [0.1, 0.15) is 18.3 Å². The normalized spacial score (nSPS) is 18.0. The van der Waals surface area contributed by atoms with Gasteiger partial charge in [-0.3, -0.25) is 14.4 Å². The first-order valence-electron chi connectivity index (χ1n) is 8.05. The number of carbonyl (C=O) groups is 3. The van der Waals surface area contributed by atoms with Crippen molar-refractivity contribution in [3.05, 3.63) is 29.8 Å². The summed E-state index contributed by atoms with van der Waals surface area (Å²) in [6.45, 7) is 2.41. The van der Waals surface area contributed by atoms with Crippen molar-refractivity contribution >= 4 is 17.8 Å². The number of carboxylic acids is 1. The Bertz CT molecular complexity index is 617. The van der Waals surface area contributed by atoms with Crippen LogP contribution in [0.4, 0.5) is 0 Å². The van der Waals surface area contributed by atoms with Crippen LogP contribution in [0.1, 0.15) is 36.5 Å². The van der Waals surface area contributed by atoms with Crippen molar-refractivity contribution in [1.29, 1.82) is 0 Å². The van der Waals surface area contributed by atoms with Gasteiger partial charge in [0, 0.05) is 12.1 Å². The molecule has 7 heteroatoms. The van der Waals surface area contributed by atoms with E-state index >= 15 is 0 Å². The van der Waals surface area contributed by atoms with Gasteiger partial charge in [0.15, 0.2) is 0 Å². The lowest BCUT2D eigenvalue weighted by Gasteiger charge is -2.23. The van der Waals surface area contributed by atoms with Crippen LogP contribution >= 0.6 is 0 Å². The number of carboxylic acid groups (broad SMARTS) is 1. The van der Waals surface area contributed by atoms with Gasteiger partial charge < -0.3 is 20.1 Å². The van der Waals surface area contributed by atoms with E-state index in [-0.39, 0.29) is 18.4 Å². The number of aliphatic carboxylic acids is 1. The third kappa shape index (κ3) is 4.71. The molecule has 2 rings (SSSR count). The second kappa shape index (κ2) is 8.33. The van der Waals surface area contributed by atoms with Gasteiger partial charge in [0.2, 0.25) is 5.91 Å². The van der Waals surface area contributed by atoms with Crippen LogP contribution in [-0.4, -0.2) is 53.5 Å². The summed E-state index contributed by atoms with van der Waals surface area (Å²) in [6, 6.07) is 6.04. The molecule has 0 radical (unpaired) electrons. The van der Waals surface area contributed by atoms with E-state index in [1.54, 1.807) is 24.3 Å². The molecule has 0 aromatic heterocycles. The number of ether oxygens (including phenoxy) is 1. The summed E-state index contributed by atoms with van der Waals surface area (Å²) in [5.74, 6) is -1.18. The Morgan fingerprint density at radius 2 is 2.17 bits per heavy atom. The first-order chi connectivity index (χ1) is 11.5. The van der Waals surface area contributed by atoms with Crippen molar-refractivity contribution in [3.63, 3.8) is 0 Å². The highest BCUT2D eigenvalue weighted by Gasteiger charge is 2.29. The minimum absolute atomic E-state index is 0.342. The number of hydrogen-bond acceptors (Lipinski definition) is 4. The maximum absolute atomic E-state index is 12.4. The highest BCUT2D eigenvalue weighted by molar-refractivity contribution is 5.98. The molecular formula is C17H22N2O5. The third-order valence-electron chi connectivity index (χ3n) is 3.82. The second-order valence-electron chi connectivity index (χ2n) is 5.64. The Kier molecular flexibility index (Phi) is 6.17. The molecular weight excluding hydrogens is 312 g/mol. The van der Waals surface area contributed by atoms with Gasteiger partial charge in [0.25, 0.3) is 5.91 Å². The van der Waals surface area contributed by atoms with E-state index in [0.29, 0.717) is 30.9 Å². The van der Waals surface area contributed by atoms with Gasteiger partial charge in [-0.15, -0.1) is 0 Å². The number of nitrogens with one attached hydrogen (secondary N) is 1. The van der Waals surface area contributed by atoms with E-state index in [4.69, 9.17) is 9.84 Å². The van der Waals surface area contributed by atoms with Crippen LogP contribution in [0, 0.1) is 0 Å². The molecule has 1 aliphatic rings. The summed E-state index contributed by atoms with van der Waals surface area (Å²) < 4.78 is 5.37. The molecule has 0 aliphatic carbocycles. The SMILES string of the molecule is CCOc1cccc(C(=O)NC2CCCCN(CC(=O)O)C2=O)c1. The molecule has 1 aromatic carbocycles. The van der Waals surface area contributed by atoms with E-state index in [1.807, 2.05) is 6.92 Å². The molecule has 1 fully saturated rings. The van der Waals surface area contributed by atoms with Crippen molar-refractivity contribution < 1.29 is 24.2 Å². The Morgan fingerprint density at radius 3 is 2.88 bits per heavy atom. The van der Waals surface area contributed by atoms with Gasteiger partial charge in [-0.2, -0.15) is 0 Å². The highest BCUT2D eigenvalue weighted by atomic mass is 16.5. The molecule has 1 atom stereocenters. The number of benzene rings is 1. The maximum Gasteiger partial charge on any atom is 0.323 e. The quantitative estimate of drug-likeness (QED) is 0.817. The highest BCUT2D eigenvalue weighted by Crippen LogP contribution is 2.16. The topological polar surface area (TPSA) is 95.9 Å². The minimum atomic E-state index is -1.06. The van der Waals surface area contributed by atoms with E-state index in [1.165, 1.54) is 4.90 Å². The average Bonchev–Trinajstić information content (AvgIpc) is 2.71. The van der Waals surface area contributed by atoms with Gasteiger partial charge >= 0.3 is 5.97 Å². The lowest BCUT2D eigenvalue weighted by atomic mass is 10.1. The molecule has 24 heavy (non-hydrogen) atoms. The van der Waals surface area contributed by atoms with Gasteiger partial charge in [0.05, 0.1) is 6.61 Å². The molecule has 1 heterocycles. The van der Waals surface area contributed by atoms with E-state index in [2.05, 4.69) is 5.32 Å². The fourth-order valence-electron chi connectivity index (χ4n) is 2.69. The fraction of sp³-hybridized carbons (Fsp3) is 0.471. The predicted molar refractivity (Wildman–Crippen MR) is 86.9 cm³/mol. The zero-order valence-corrected chi connectivity index (χ0v) is 13.7. The van der Waals surface area contributed by atoms with Gasteiger partial charge in [-0.25, -0.2) is 0 Å². The van der Waals surface area contributed by atoms with Crippen LogP contribution in [-0.2, 0) is 9.59 Å². The lowest BCUT2D eigenvalue weighted by molar-refractivity contribution is -0.144. The molecule has 0 saturated carbocycles. The summed E-state index contributed by atoms with van der Waals surface area (Å²) in [7, 11) is 0. The molecule has 1 unspecified atom stereocenters. The molecule has 130 valence electrons. The van der Waals surface area contributed by atoms with Crippen LogP contribution in [0.25, 0.3) is 0 Å². The Hall–Kier alpha value is -2.57. The van der Waals surface area contributed by atoms with Gasteiger partial charge in [-0.05, 0) is 44.4 Å². The molecule has 1 saturated heterocycles. The minimum Gasteiger partial charge on any atom is -0.494 e. The summed E-state index contributed by atoms with van der Waals surface area (Å²) in [5.41, 5.74) is 0.405. The monoisotopic (exact) mass is 334 g/mol. The third-order valence-corrected chi connectivity index (χ3v) is 3.82. The van der Waals surface area contributed by atoms with Gasteiger partial charge in [-0.1, -0.05) is 6.07 Å². The Balaban J connectivity index is 2.07. The van der Waals surface area contributed by atoms with Crippen LogP contribution in [0.15, 0.2) is 24.3 Å². The van der Waals surface area contributed by atoms with Crippen LogP contribution in [0.3, 0.4) is 0 Å². The van der Waals surface area contributed by atoms with Crippen molar-refractivity contribution in [1.82, 2.24) is 10.2 Å². The second-order valence-corrected chi connectivity index (χ2v) is 5.64. The Morgan fingerprint density at radius 1 is 1.38 bits per heavy atom. The number of amides is 2. The molecule has 0 bridgehead atoms. The van der Waals surface area contributed by atoms with Crippen LogP contribution < -0.4 is 10.1 Å². The fourth-order valence-corrected chi connectivity index (χ4v) is 2.69. The molecule has 7 nitrogen and oxygen atoms in total. The molecule has 1 aliphatic heterocycles. The van der Waals surface area contributed by atoms with Crippen molar-refractivity contribution in [2.45, 2.75) is 32.2 Å². The summed E-state index contributed by atoms with van der Waals surface area (Å²) in [5, 5.41) is 11.6. The van der Waals surface area contributed by atoms with Crippen LogP contribution in [0.2, 0.25) is 0 Å². The van der Waals surface area contributed by atoms with E-state index in [0.717, 1.165) is 12.8 Å². The first-order valence-corrected chi connectivity index (χ1v) is 8.05. The molecule has 1 aromatic rings. The standard InChI is InChI=1S/C17H22N2O5/c1-2-24-13-7-5-6-12(10-13)16(22)18-14-8-3-4-9-19(17(14)23)11-15(20)21/h5-7,10,14H,2-4,8-9,11H2,1H3,(H,18,22)(H,20,21). The Labute approximate surface area is 140 Å². The largest absolute Gasteiger partial charge is 0.494 e. The number of hydrogen-bond donors (Lipinski definition) is 2. The molecule has 2 amide bonds. The number of nitrogens with zero attached hydrogens (tertiary/aromatic N) is 1. The first kappa shape index (κ1) is 17.8. The number of carbonyl (C=O) groups excluding carboxylic acids is 2. The maximum atomic E-state index is 12.4. The van der Waals surface area contributed by atoms with Crippen molar-refractivity contribution in [3.8, 4) is 5.75 Å². The smallest absolute Gasteiger partial charge is 0.323 e. The summed E-state index contributed by atoms with van der Waals surface area (Å²) in [4.78, 5) is 37.0. The zero-order chi connectivity index (χ0) is 17.5. The lowest BCUT2D eigenvalue weighted by Crippen LogP contribution is -2.48. The van der Waals surface area contributed by atoms with E-state index < -0.39 is 12.0 Å². The van der Waals surface area contributed by atoms with E-state index in [9.17, 15) is 14.4 Å². The number of rotatable bonds is 6. The molecule has 0 spiro atoms. The van der Waals surface area contributed by atoms with Crippen molar-refractivity contribution in [2.75, 3.05) is 19.7 Å². The molecule has 2 N–H and O–H groups in total. The number of likely N-dealkylation sites (tertiary alicyclic amines) is 1. The zero-order valence-electron chi connectivity index (χ0n) is 13.7. The summed E-state index contributed by atoms with van der Waals surface area (Å²) in [6.07, 6.45) is 1.99. The summed E-state index contributed by atoms with van der Waals surface area (Å²) >= 11 is 0. The average molecular weight is 334 g/mol.